The Labute approximate surface area is 59.1 Å². The molecule has 0 aromatic rings. The van der Waals surface area contributed by atoms with Crippen LogP contribution >= 0.6 is 0 Å². The summed E-state index contributed by atoms with van der Waals surface area (Å²) in [5, 5.41) is 2.95. The molecule has 0 aromatic heterocycles. The Morgan fingerprint density at radius 3 is 3.30 bits per heavy atom. The van der Waals surface area contributed by atoms with Gasteiger partial charge in [-0.1, -0.05) is 0 Å². The van der Waals surface area contributed by atoms with Crippen molar-refractivity contribution in [3.05, 3.63) is 36.7 Å². The van der Waals surface area contributed by atoms with Gasteiger partial charge in [0.1, 0.15) is 0 Å². The van der Waals surface area contributed by atoms with Gasteiger partial charge in [0.05, 0.1) is 0 Å². The van der Waals surface area contributed by atoms with E-state index < -0.39 is 0 Å². The Bertz CT molecular complexity index is 248. The number of nitrogens with one attached hydrogen (secondary N) is 1. The van der Waals surface area contributed by atoms with Gasteiger partial charge in [0.25, 0.3) is 0 Å². The molecule has 2 heterocycles. The van der Waals surface area contributed by atoms with Crippen molar-refractivity contribution in [3.63, 3.8) is 0 Å². The molecule has 10 heavy (non-hydrogen) atoms. The molecular weight excluding hydrogens is 126 g/mol. The fourth-order valence-corrected chi connectivity index (χ4v) is 0.877. The van der Waals surface area contributed by atoms with E-state index in [4.69, 9.17) is 0 Å². The summed E-state index contributed by atoms with van der Waals surface area (Å²) >= 11 is 0. The van der Waals surface area contributed by atoms with Gasteiger partial charge in [-0.25, -0.2) is 4.99 Å². The van der Waals surface area contributed by atoms with Gasteiger partial charge in [0.2, 0.25) is 0 Å². The Kier molecular flexibility index (Phi) is 1.07. The molecule has 0 amide bonds. The van der Waals surface area contributed by atoms with Gasteiger partial charge in [-0.15, -0.1) is 0 Å². The van der Waals surface area contributed by atoms with Crippen LogP contribution in [0.2, 0.25) is 0 Å². The molecule has 2 aliphatic rings. The number of hydrogen-bond acceptors (Lipinski definition) is 3. The maximum Gasteiger partial charge on any atom is 0.152 e. The van der Waals surface area contributed by atoms with Crippen LogP contribution in [0.3, 0.4) is 0 Å². The van der Waals surface area contributed by atoms with E-state index in [2.05, 4.69) is 10.3 Å². The fraction of sp³-hybridized carbons (Fsp3) is 0. The highest BCUT2D eigenvalue weighted by Crippen LogP contribution is 2.11. The van der Waals surface area contributed by atoms with Crippen molar-refractivity contribution in [3.8, 4) is 0 Å². The first-order chi connectivity index (χ1) is 4.97. The van der Waals surface area contributed by atoms with E-state index in [1.165, 1.54) is 0 Å². The Morgan fingerprint density at radius 1 is 1.40 bits per heavy atom. The van der Waals surface area contributed by atoms with Gasteiger partial charge in [-0.05, 0) is 6.08 Å². The highest BCUT2D eigenvalue weighted by Gasteiger charge is 2.05. The summed E-state index contributed by atoms with van der Waals surface area (Å²) in [5.41, 5.74) is 0. The fourth-order valence-electron chi connectivity index (χ4n) is 0.877. The minimum Gasteiger partial charge on any atom is -0.363 e. The highest BCUT2D eigenvalue weighted by atomic mass is 15.2. The molecule has 0 radical (unpaired) electrons. The van der Waals surface area contributed by atoms with Crippen molar-refractivity contribution in [2.75, 3.05) is 0 Å². The lowest BCUT2D eigenvalue weighted by molar-refractivity contribution is 0.593. The second-order valence-electron chi connectivity index (χ2n) is 2.01. The van der Waals surface area contributed by atoms with Crippen LogP contribution in [0.5, 0.6) is 0 Å². The molecule has 50 valence electrons. The van der Waals surface area contributed by atoms with E-state index in [-0.39, 0.29) is 0 Å². The van der Waals surface area contributed by atoms with Crippen LogP contribution in [-0.2, 0) is 0 Å². The summed E-state index contributed by atoms with van der Waals surface area (Å²) in [5.74, 6) is 0.921. The van der Waals surface area contributed by atoms with Gasteiger partial charge in [0.15, 0.2) is 5.82 Å². The lowest BCUT2D eigenvalue weighted by atomic mass is 10.4. The molecule has 0 unspecified atom stereocenters. The van der Waals surface area contributed by atoms with Gasteiger partial charge < -0.3 is 10.2 Å². The number of rotatable bonds is 0. The molecule has 0 spiro atoms. The van der Waals surface area contributed by atoms with E-state index >= 15 is 0 Å². The van der Waals surface area contributed by atoms with E-state index in [1.54, 1.807) is 6.21 Å². The van der Waals surface area contributed by atoms with Crippen molar-refractivity contribution in [1.82, 2.24) is 10.2 Å². The summed E-state index contributed by atoms with van der Waals surface area (Å²) < 4.78 is 0. The highest BCUT2D eigenvalue weighted by molar-refractivity contribution is 5.73. The first-order valence-electron chi connectivity index (χ1n) is 3.09. The second-order valence-corrected chi connectivity index (χ2v) is 2.01. The second kappa shape index (κ2) is 2.02. The molecule has 1 N–H and O–H groups in total. The standard InChI is InChI=1S/C7H7N3/c1-2-9-7-6-8-3-5-10(7)4-1/h1-6,8H. The van der Waals surface area contributed by atoms with Crippen molar-refractivity contribution in [2.45, 2.75) is 0 Å². The Morgan fingerprint density at radius 2 is 2.40 bits per heavy atom. The third-order valence-corrected chi connectivity index (χ3v) is 1.35. The van der Waals surface area contributed by atoms with Crippen molar-refractivity contribution >= 4 is 6.21 Å². The quantitative estimate of drug-likeness (QED) is 0.528. The number of hydrogen-bond donors (Lipinski definition) is 1. The number of aliphatic imine (C=N–C) groups is 1. The normalized spacial score (nSPS) is 20.0. The smallest absolute Gasteiger partial charge is 0.152 e. The molecule has 3 heteroatoms. The van der Waals surface area contributed by atoms with E-state index in [0.29, 0.717) is 0 Å². The van der Waals surface area contributed by atoms with Crippen LogP contribution in [0.1, 0.15) is 0 Å². The molecule has 0 bridgehead atoms. The van der Waals surface area contributed by atoms with Crippen LogP contribution in [0.15, 0.2) is 41.7 Å². The van der Waals surface area contributed by atoms with Crippen LogP contribution in [0, 0.1) is 0 Å². The monoisotopic (exact) mass is 133 g/mol. The summed E-state index contributed by atoms with van der Waals surface area (Å²) in [4.78, 5) is 6.05. The summed E-state index contributed by atoms with van der Waals surface area (Å²) in [6.45, 7) is 0. The van der Waals surface area contributed by atoms with Gasteiger partial charge >= 0.3 is 0 Å². The van der Waals surface area contributed by atoms with Gasteiger partial charge in [-0.2, -0.15) is 0 Å². The maximum absolute atomic E-state index is 4.11. The van der Waals surface area contributed by atoms with Crippen molar-refractivity contribution < 1.29 is 0 Å². The Hall–Kier alpha value is -1.51. The minimum absolute atomic E-state index is 0.921. The lowest BCUT2D eigenvalue weighted by Gasteiger charge is -2.20. The molecule has 2 aliphatic heterocycles. The maximum atomic E-state index is 4.11. The molecule has 0 aliphatic carbocycles. The van der Waals surface area contributed by atoms with Gasteiger partial charge in [0, 0.05) is 31.0 Å². The zero-order chi connectivity index (χ0) is 6.81. The molecule has 0 atom stereocenters. The zero-order valence-electron chi connectivity index (χ0n) is 5.36. The summed E-state index contributed by atoms with van der Waals surface area (Å²) in [6.07, 6.45) is 11.2. The van der Waals surface area contributed by atoms with Gasteiger partial charge in [-0.3, -0.25) is 0 Å². The molecule has 0 saturated heterocycles. The van der Waals surface area contributed by atoms with Crippen LogP contribution in [0.25, 0.3) is 0 Å². The first-order valence-corrected chi connectivity index (χ1v) is 3.09. The average molecular weight is 133 g/mol. The SMILES string of the molecule is C1=CN2C=CNC=C2N=C1. The van der Waals surface area contributed by atoms with Crippen LogP contribution in [-0.4, -0.2) is 11.1 Å². The number of allylic oxidation sites excluding steroid dienone is 1. The van der Waals surface area contributed by atoms with Crippen molar-refractivity contribution in [1.29, 1.82) is 0 Å². The molecule has 0 fully saturated rings. The predicted molar refractivity (Wildman–Crippen MR) is 39.8 cm³/mol. The summed E-state index contributed by atoms with van der Waals surface area (Å²) in [6, 6.07) is 0. The largest absolute Gasteiger partial charge is 0.363 e. The Balaban J connectivity index is 2.33. The van der Waals surface area contributed by atoms with Crippen LogP contribution < -0.4 is 5.32 Å². The first kappa shape index (κ1) is 5.29. The van der Waals surface area contributed by atoms with E-state index in [1.807, 2.05) is 35.8 Å². The van der Waals surface area contributed by atoms with E-state index in [9.17, 15) is 0 Å². The number of fused-ring (bicyclic) bond motifs is 1. The average Bonchev–Trinajstić information content (AvgIpc) is 2.05. The molecule has 2 rings (SSSR count). The third-order valence-electron chi connectivity index (χ3n) is 1.35. The van der Waals surface area contributed by atoms with E-state index in [0.717, 1.165) is 5.82 Å². The molecular formula is C7H7N3. The zero-order valence-corrected chi connectivity index (χ0v) is 5.36. The molecule has 0 saturated carbocycles. The van der Waals surface area contributed by atoms with Crippen molar-refractivity contribution in [2.24, 2.45) is 4.99 Å². The minimum atomic E-state index is 0.921. The third kappa shape index (κ3) is 0.719. The molecule has 0 aromatic carbocycles. The molecule has 3 nitrogen and oxygen atoms in total. The predicted octanol–water partition coefficient (Wildman–Crippen LogP) is 0.760. The number of nitrogens with zero attached hydrogens (tertiary/aromatic N) is 2. The summed E-state index contributed by atoms with van der Waals surface area (Å²) in [7, 11) is 0. The topological polar surface area (TPSA) is 27.6 Å². The lowest BCUT2D eigenvalue weighted by Crippen LogP contribution is -2.17. The van der Waals surface area contributed by atoms with Crippen LogP contribution in [0.4, 0.5) is 0 Å².